The normalized spacial score (nSPS) is 12.1. The lowest BCUT2D eigenvalue weighted by Gasteiger charge is -2.06. The highest BCUT2D eigenvalue weighted by molar-refractivity contribution is 7.85. The maximum absolute atomic E-state index is 11.3. The van der Waals surface area contributed by atoms with Gasteiger partial charge in [-0.2, -0.15) is 13.5 Å². The minimum absolute atomic E-state index is 0.0337. The molecule has 0 radical (unpaired) electrons. The third-order valence-electron chi connectivity index (χ3n) is 3.32. The highest BCUT2D eigenvalue weighted by atomic mass is 35.5. The Labute approximate surface area is 142 Å². The number of hydrogen-bond donors (Lipinski definition) is 2. The van der Waals surface area contributed by atoms with Crippen molar-refractivity contribution < 1.29 is 18.1 Å². The van der Waals surface area contributed by atoms with Gasteiger partial charge in [0.2, 0.25) is 0 Å². The first-order valence-electron chi connectivity index (χ1n) is 6.75. The van der Waals surface area contributed by atoms with Crippen LogP contribution in [0.25, 0.3) is 10.8 Å². The Morgan fingerprint density at radius 1 is 0.917 bits per heavy atom. The Kier molecular flexibility index (Phi) is 4.23. The molecule has 0 atom stereocenters. The summed E-state index contributed by atoms with van der Waals surface area (Å²) in [5.74, 6) is -0.0337. The summed E-state index contributed by atoms with van der Waals surface area (Å²) < 4.78 is 31.8. The molecule has 3 aromatic carbocycles. The van der Waals surface area contributed by atoms with Crippen molar-refractivity contribution in [3.63, 3.8) is 0 Å². The fraction of sp³-hybridized carbons (Fsp3) is 0. The van der Waals surface area contributed by atoms with E-state index in [2.05, 4.69) is 10.2 Å². The van der Waals surface area contributed by atoms with Crippen LogP contribution < -0.4 is 0 Å². The highest BCUT2D eigenvalue weighted by Crippen LogP contribution is 2.35. The van der Waals surface area contributed by atoms with Gasteiger partial charge in [-0.15, -0.1) is 5.11 Å². The van der Waals surface area contributed by atoms with Gasteiger partial charge in [0.25, 0.3) is 10.1 Å². The molecule has 122 valence electrons. The van der Waals surface area contributed by atoms with Crippen LogP contribution in [-0.4, -0.2) is 18.1 Å². The highest BCUT2D eigenvalue weighted by Gasteiger charge is 2.13. The van der Waals surface area contributed by atoms with E-state index in [1.165, 1.54) is 30.3 Å². The van der Waals surface area contributed by atoms with Gasteiger partial charge in [-0.3, -0.25) is 4.55 Å². The molecule has 3 aromatic rings. The number of fused-ring (bicyclic) bond motifs is 1. The van der Waals surface area contributed by atoms with Gasteiger partial charge >= 0.3 is 0 Å². The number of phenolic OH excluding ortho intramolecular Hbond substituents is 1. The molecule has 6 nitrogen and oxygen atoms in total. The standard InChI is InChI=1S/C16H11ClN2O4S/c17-10-2-1-3-11(8-10)18-19-15-6-7-16(20)13-5-4-12(9-14(13)15)24(21,22)23/h1-9,20H,(H,21,22,23). The molecule has 0 unspecified atom stereocenters. The molecule has 0 aliphatic carbocycles. The third-order valence-corrected chi connectivity index (χ3v) is 4.41. The summed E-state index contributed by atoms with van der Waals surface area (Å²) in [4.78, 5) is -0.292. The second-order valence-electron chi connectivity index (χ2n) is 4.97. The van der Waals surface area contributed by atoms with E-state index >= 15 is 0 Å². The molecule has 0 saturated heterocycles. The van der Waals surface area contributed by atoms with Crippen LogP contribution in [0, 0.1) is 0 Å². The number of aromatic hydroxyl groups is 1. The van der Waals surface area contributed by atoms with Crippen molar-refractivity contribution in [3.05, 3.63) is 59.6 Å². The van der Waals surface area contributed by atoms with Gasteiger partial charge in [-0.25, -0.2) is 0 Å². The van der Waals surface area contributed by atoms with Crippen LogP contribution in [0.1, 0.15) is 0 Å². The van der Waals surface area contributed by atoms with Crippen molar-refractivity contribution in [2.24, 2.45) is 10.2 Å². The van der Waals surface area contributed by atoms with Gasteiger partial charge < -0.3 is 5.11 Å². The number of phenols is 1. The molecule has 8 heteroatoms. The van der Waals surface area contributed by atoms with Gasteiger partial charge in [-0.1, -0.05) is 17.7 Å². The zero-order chi connectivity index (χ0) is 17.3. The first-order valence-corrected chi connectivity index (χ1v) is 8.57. The Bertz CT molecular complexity index is 1060. The second kappa shape index (κ2) is 6.20. The smallest absolute Gasteiger partial charge is 0.294 e. The van der Waals surface area contributed by atoms with Crippen molar-refractivity contribution in [1.82, 2.24) is 0 Å². The van der Waals surface area contributed by atoms with Crippen LogP contribution in [0.5, 0.6) is 5.75 Å². The van der Waals surface area contributed by atoms with Gasteiger partial charge in [0.05, 0.1) is 16.3 Å². The van der Waals surface area contributed by atoms with Gasteiger partial charge in [0.15, 0.2) is 0 Å². The average molecular weight is 363 g/mol. The summed E-state index contributed by atoms with van der Waals surface area (Å²) in [5.41, 5.74) is 0.864. The van der Waals surface area contributed by atoms with E-state index in [9.17, 15) is 18.1 Å². The van der Waals surface area contributed by atoms with Crippen LogP contribution >= 0.6 is 11.6 Å². The number of benzene rings is 3. The fourth-order valence-corrected chi connectivity index (χ4v) is 2.88. The van der Waals surface area contributed by atoms with Crippen LogP contribution in [0.2, 0.25) is 5.02 Å². The molecule has 24 heavy (non-hydrogen) atoms. The largest absolute Gasteiger partial charge is 0.507 e. The van der Waals surface area contributed by atoms with Gasteiger partial charge in [0.1, 0.15) is 5.75 Å². The zero-order valence-electron chi connectivity index (χ0n) is 12.1. The van der Waals surface area contributed by atoms with Gasteiger partial charge in [0, 0.05) is 15.8 Å². The van der Waals surface area contributed by atoms with E-state index in [0.717, 1.165) is 0 Å². The summed E-state index contributed by atoms with van der Waals surface area (Å²) in [6.45, 7) is 0. The lowest BCUT2D eigenvalue weighted by atomic mass is 10.1. The minimum atomic E-state index is -4.37. The van der Waals surface area contributed by atoms with Crippen molar-refractivity contribution >= 4 is 43.9 Å². The quantitative estimate of drug-likeness (QED) is 0.513. The third kappa shape index (κ3) is 3.38. The zero-order valence-corrected chi connectivity index (χ0v) is 13.7. The molecule has 2 N–H and O–H groups in total. The Morgan fingerprint density at radius 2 is 1.71 bits per heavy atom. The van der Waals surface area contributed by atoms with E-state index < -0.39 is 10.1 Å². The molecule has 3 rings (SSSR count). The number of halogens is 1. The summed E-state index contributed by atoms with van der Waals surface area (Å²) in [5, 5.41) is 19.3. The van der Waals surface area contributed by atoms with Crippen LogP contribution in [-0.2, 0) is 10.1 Å². The molecule has 0 amide bonds. The summed E-state index contributed by atoms with van der Waals surface area (Å²) in [6, 6.07) is 13.5. The number of azo groups is 1. The van der Waals surface area contributed by atoms with Gasteiger partial charge in [-0.05, 0) is 48.5 Å². The van der Waals surface area contributed by atoms with E-state index in [-0.39, 0.29) is 10.6 Å². The minimum Gasteiger partial charge on any atom is -0.507 e. The van der Waals surface area contributed by atoms with Crippen LogP contribution in [0.4, 0.5) is 11.4 Å². The SMILES string of the molecule is O=S(=O)(O)c1ccc2c(O)ccc(N=Nc3cccc(Cl)c3)c2c1. The summed E-state index contributed by atoms with van der Waals surface area (Å²) >= 11 is 5.88. The molecule has 0 aliphatic heterocycles. The number of rotatable bonds is 3. The molecule has 0 bridgehead atoms. The first kappa shape index (κ1) is 16.4. The van der Waals surface area contributed by atoms with Crippen molar-refractivity contribution in [1.29, 1.82) is 0 Å². The maximum Gasteiger partial charge on any atom is 0.294 e. The first-order chi connectivity index (χ1) is 11.3. The Balaban J connectivity index is 2.15. The van der Waals surface area contributed by atoms with Crippen LogP contribution in [0.3, 0.4) is 0 Å². The maximum atomic E-state index is 11.3. The molecule has 0 saturated carbocycles. The number of nitrogens with zero attached hydrogens (tertiary/aromatic N) is 2. The molecule has 0 aromatic heterocycles. The monoisotopic (exact) mass is 362 g/mol. The average Bonchev–Trinajstić information content (AvgIpc) is 2.53. The predicted molar refractivity (Wildman–Crippen MR) is 91.1 cm³/mol. The summed E-state index contributed by atoms with van der Waals surface area (Å²) in [6.07, 6.45) is 0. The van der Waals surface area contributed by atoms with Crippen molar-refractivity contribution in [3.8, 4) is 5.75 Å². The topological polar surface area (TPSA) is 99.3 Å². The van der Waals surface area contributed by atoms with Crippen LogP contribution in [0.15, 0.2) is 69.7 Å². The van der Waals surface area contributed by atoms with E-state index in [1.54, 1.807) is 24.3 Å². The fourth-order valence-electron chi connectivity index (χ4n) is 2.19. The Morgan fingerprint density at radius 3 is 2.42 bits per heavy atom. The molecular formula is C16H11ClN2O4S. The van der Waals surface area contributed by atoms with Crippen molar-refractivity contribution in [2.75, 3.05) is 0 Å². The second-order valence-corrected chi connectivity index (χ2v) is 6.82. The number of hydrogen-bond acceptors (Lipinski definition) is 5. The van der Waals surface area contributed by atoms with E-state index in [4.69, 9.17) is 11.6 Å². The molecule has 0 heterocycles. The molecular weight excluding hydrogens is 352 g/mol. The lowest BCUT2D eigenvalue weighted by Crippen LogP contribution is -1.97. The molecule has 0 aliphatic rings. The Hall–Kier alpha value is -2.48. The molecule has 0 spiro atoms. The molecule has 0 fully saturated rings. The lowest BCUT2D eigenvalue weighted by molar-refractivity contribution is 0.480. The summed E-state index contributed by atoms with van der Waals surface area (Å²) in [7, 11) is -4.37. The van der Waals surface area contributed by atoms with E-state index in [0.29, 0.717) is 27.2 Å². The van der Waals surface area contributed by atoms with E-state index in [1.807, 2.05) is 0 Å². The van der Waals surface area contributed by atoms with Crippen molar-refractivity contribution in [2.45, 2.75) is 4.90 Å². The predicted octanol–water partition coefficient (Wildman–Crippen LogP) is 4.86.